The molecule has 1 aromatic rings. The Bertz CT molecular complexity index is 818. The number of ether oxygens (including phenoxy) is 2. The van der Waals surface area contributed by atoms with Gasteiger partial charge in [-0.25, -0.2) is 0 Å². The SMILES string of the molecule is CC(C)(C)C(=O)Oc1ccc2c(c1)C[C@@H]1[C@@]3(C)CCCC(C)(C)[C@@H]3CC[C@@]1(C)O2. The molecule has 1 aromatic carbocycles. The van der Waals surface area contributed by atoms with Crippen LogP contribution < -0.4 is 9.47 Å². The minimum absolute atomic E-state index is 0.102. The number of rotatable bonds is 1. The highest BCUT2D eigenvalue weighted by Crippen LogP contribution is 2.64. The smallest absolute Gasteiger partial charge is 0.316 e. The topological polar surface area (TPSA) is 35.5 Å². The fraction of sp³-hybridized carbons (Fsp3) is 0.731. The lowest BCUT2D eigenvalue weighted by molar-refractivity contribution is -0.162. The summed E-state index contributed by atoms with van der Waals surface area (Å²) in [7, 11) is 0. The Morgan fingerprint density at radius 3 is 2.48 bits per heavy atom. The lowest BCUT2D eigenvalue weighted by Crippen LogP contribution is -2.61. The first-order valence-electron chi connectivity index (χ1n) is 11.4. The maximum Gasteiger partial charge on any atom is 0.316 e. The van der Waals surface area contributed by atoms with E-state index in [2.05, 4.69) is 27.7 Å². The van der Waals surface area contributed by atoms with Gasteiger partial charge in [0.25, 0.3) is 0 Å². The molecule has 0 radical (unpaired) electrons. The van der Waals surface area contributed by atoms with Gasteiger partial charge in [-0.3, -0.25) is 4.79 Å². The Morgan fingerprint density at radius 1 is 1.07 bits per heavy atom. The van der Waals surface area contributed by atoms with Gasteiger partial charge in [0.2, 0.25) is 0 Å². The van der Waals surface area contributed by atoms with Crippen LogP contribution in [-0.4, -0.2) is 11.6 Å². The first kappa shape index (κ1) is 20.8. The van der Waals surface area contributed by atoms with Crippen molar-refractivity contribution in [3.63, 3.8) is 0 Å². The molecule has 3 nitrogen and oxygen atoms in total. The lowest BCUT2D eigenvalue weighted by atomic mass is 9.44. The molecule has 29 heavy (non-hydrogen) atoms. The van der Waals surface area contributed by atoms with E-state index >= 15 is 0 Å². The molecule has 0 saturated heterocycles. The number of esters is 1. The van der Waals surface area contributed by atoms with E-state index in [4.69, 9.17) is 9.47 Å². The quantitative estimate of drug-likeness (QED) is 0.396. The third-order valence-electron chi connectivity index (χ3n) is 8.36. The molecule has 3 aliphatic rings. The van der Waals surface area contributed by atoms with Gasteiger partial charge in [0, 0.05) is 5.92 Å². The van der Waals surface area contributed by atoms with Crippen molar-refractivity contribution in [3.8, 4) is 11.5 Å². The highest BCUT2D eigenvalue weighted by Gasteiger charge is 2.60. The molecule has 160 valence electrons. The zero-order chi connectivity index (χ0) is 21.2. The Labute approximate surface area is 176 Å². The molecule has 4 rings (SSSR count). The van der Waals surface area contributed by atoms with E-state index in [0.29, 0.717) is 22.5 Å². The van der Waals surface area contributed by atoms with Crippen LogP contribution in [0, 0.1) is 28.1 Å². The molecule has 1 heterocycles. The molecule has 0 N–H and O–H groups in total. The van der Waals surface area contributed by atoms with Crippen LogP contribution in [0.2, 0.25) is 0 Å². The van der Waals surface area contributed by atoms with Crippen molar-refractivity contribution in [3.05, 3.63) is 23.8 Å². The Kier molecular flexibility index (Phi) is 4.65. The molecule has 0 unspecified atom stereocenters. The largest absolute Gasteiger partial charge is 0.487 e. The number of carbonyl (C=O) groups is 1. The predicted molar refractivity (Wildman–Crippen MR) is 116 cm³/mol. The summed E-state index contributed by atoms with van der Waals surface area (Å²) >= 11 is 0. The van der Waals surface area contributed by atoms with E-state index in [0.717, 1.165) is 24.5 Å². The number of hydrogen-bond acceptors (Lipinski definition) is 3. The third-order valence-corrected chi connectivity index (χ3v) is 8.36. The van der Waals surface area contributed by atoms with Crippen LogP contribution in [0.5, 0.6) is 11.5 Å². The zero-order valence-corrected chi connectivity index (χ0v) is 19.4. The van der Waals surface area contributed by atoms with Gasteiger partial charge in [-0.05, 0) is 100 Å². The second-order valence-corrected chi connectivity index (χ2v) is 12.0. The van der Waals surface area contributed by atoms with Gasteiger partial charge in [-0.15, -0.1) is 0 Å². The fourth-order valence-corrected chi connectivity index (χ4v) is 6.79. The van der Waals surface area contributed by atoms with Gasteiger partial charge in [-0.1, -0.05) is 27.2 Å². The van der Waals surface area contributed by atoms with Crippen molar-refractivity contribution < 1.29 is 14.3 Å². The van der Waals surface area contributed by atoms with Crippen LogP contribution in [0.15, 0.2) is 18.2 Å². The summed E-state index contributed by atoms with van der Waals surface area (Å²) < 4.78 is 12.4. The molecule has 1 aliphatic heterocycles. The van der Waals surface area contributed by atoms with Crippen molar-refractivity contribution in [2.45, 2.75) is 92.6 Å². The average molecular weight is 399 g/mol. The number of fused-ring (bicyclic) bond motifs is 4. The van der Waals surface area contributed by atoms with Crippen molar-refractivity contribution in [1.82, 2.24) is 0 Å². The second kappa shape index (κ2) is 6.49. The molecule has 2 fully saturated rings. The van der Waals surface area contributed by atoms with E-state index in [9.17, 15) is 4.79 Å². The van der Waals surface area contributed by atoms with Crippen LogP contribution in [0.1, 0.15) is 86.1 Å². The van der Waals surface area contributed by atoms with E-state index < -0.39 is 5.41 Å². The van der Waals surface area contributed by atoms with Gasteiger partial charge >= 0.3 is 5.97 Å². The van der Waals surface area contributed by atoms with Crippen LogP contribution >= 0.6 is 0 Å². The summed E-state index contributed by atoms with van der Waals surface area (Å²) in [6.45, 7) is 15.5. The molecule has 4 atom stereocenters. The van der Waals surface area contributed by atoms with Crippen molar-refractivity contribution in [1.29, 1.82) is 0 Å². The Hall–Kier alpha value is -1.51. The second-order valence-electron chi connectivity index (χ2n) is 12.0. The zero-order valence-electron chi connectivity index (χ0n) is 19.4. The Balaban J connectivity index is 1.66. The maximum absolute atomic E-state index is 12.3. The number of carbonyl (C=O) groups excluding carboxylic acids is 1. The fourth-order valence-electron chi connectivity index (χ4n) is 6.79. The monoisotopic (exact) mass is 398 g/mol. The summed E-state index contributed by atoms with van der Waals surface area (Å²) in [6.07, 6.45) is 7.33. The summed E-state index contributed by atoms with van der Waals surface area (Å²) in [5.41, 5.74) is 1.28. The molecule has 2 aliphatic carbocycles. The summed E-state index contributed by atoms with van der Waals surface area (Å²) in [6, 6.07) is 5.92. The van der Waals surface area contributed by atoms with Crippen molar-refractivity contribution in [2.75, 3.05) is 0 Å². The van der Waals surface area contributed by atoms with Crippen molar-refractivity contribution in [2.24, 2.45) is 28.1 Å². The first-order valence-corrected chi connectivity index (χ1v) is 11.4. The predicted octanol–water partition coefficient (Wildman–Crippen LogP) is 6.57. The van der Waals surface area contributed by atoms with E-state index in [1.807, 2.05) is 39.0 Å². The summed E-state index contributed by atoms with van der Waals surface area (Å²) in [4.78, 5) is 12.3. The molecule has 3 heteroatoms. The molecule has 0 bridgehead atoms. The molecular formula is C26H38O3. The lowest BCUT2D eigenvalue weighted by Gasteiger charge is -2.63. The number of benzene rings is 1. The minimum Gasteiger partial charge on any atom is -0.487 e. The molecule has 0 amide bonds. The van der Waals surface area contributed by atoms with Crippen LogP contribution in [0.3, 0.4) is 0 Å². The van der Waals surface area contributed by atoms with Gasteiger partial charge in [0.05, 0.1) is 5.41 Å². The maximum atomic E-state index is 12.3. The van der Waals surface area contributed by atoms with Crippen LogP contribution in [-0.2, 0) is 11.2 Å². The first-order chi connectivity index (χ1) is 13.4. The van der Waals surface area contributed by atoms with E-state index in [1.165, 1.54) is 31.2 Å². The van der Waals surface area contributed by atoms with Gasteiger partial charge in [0.15, 0.2) is 0 Å². The summed E-state index contributed by atoms with van der Waals surface area (Å²) in [5.74, 6) is 2.65. The van der Waals surface area contributed by atoms with E-state index in [1.54, 1.807) is 0 Å². The third kappa shape index (κ3) is 3.39. The van der Waals surface area contributed by atoms with Crippen molar-refractivity contribution >= 4 is 5.97 Å². The molecule has 2 saturated carbocycles. The van der Waals surface area contributed by atoms with Crippen LogP contribution in [0.4, 0.5) is 0 Å². The standard InChI is InChI=1S/C26H38O3/c1-23(2,3)22(27)28-18-9-10-19-17(15-18)16-21-25(6)13-8-12-24(4,5)20(25)11-14-26(21,7)29-19/h9-10,15,20-21H,8,11-14,16H2,1-7H3/t20-,21+,25-,26+/m0/s1. The van der Waals surface area contributed by atoms with Gasteiger partial charge in [0.1, 0.15) is 17.1 Å². The summed E-state index contributed by atoms with van der Waals surface area (Å²) in [5, 5.41) is 0. The Morgan fingerprint density at radius 2 is 1.79 bits per heavy atom. The highest BCUT2D eigenvalue weighted by molar-refractivity contribution is 5.78. The van der Waals surface area contributed by atoms with E-state index in [-0.39, 0.29) is 11.6 Å². The van der Waals surface area contributed by atoms with Crippen LogP contribution in [0.25, 0.3) is 0 Å². The molecular weight excluding hydrogens is 360 g/mol. The number of hydrogen-bond donors (Lipinski definition) is 0. The van der Waals surface area contributed by atoms with Gasteiger partial charge < -0.3 is 9.47 Å². The molecule has 0 spiro atoms. The minimum atomic E-state index is -0.511. The highest BCUT2D eigenvalue weighted by atomic mass is 16.5. The van der Waals surface area contributed by atoms with Gasteiger partial charge in [-0.2, -0.15) is 0 Å². The normalized spacial score (nSPS) is 35.6. The average Bonchev–Trinajstić information content (AvgIpc) is 2.59. The molecule has 0 aromatic heterocycles.